The molecule has 82 valence electrons. The number of nitrogens with zero attached hydrogens (tertiary/aromatic N) is 1. The van der Waals surface area contributed by atoms with E-state index in [1.807, 2.05) is 6.92 Å². The van der Waals surface area contributed by atoms with E-state index in [0.29, 0.717) is 10.6 Å². The Kier molecular flexibility index (Phi) is 4.59. The van der Waals surface area contributed by atoms with Crippen LogP contribution in [0.1, 0.15) is 18.9 Å². The van der Waals surface area contributed by atoms with Crippen LogP contribution >= 0.6 is 11.6 Å². The highest BCUT2D eigenvalue weighted by atomic mass is 35.5. The molecule has 0 aliphatic rings. The minimum atomic E-state index is -0.122. The Balaban J connectivity index is 2.83. The predicted octanol–water partition coefficient (Wildman–Crippen LogP) is 2.24. The van der Waals surface area contributed by atoms with E-state index in [1.54, 1.807) is 12.1 Å². The maximum Gasteiger partial charge on any atom is 0.124 e. The number of aliphatic hydroxyl groups excluding tert-OH is 1. The minimum Gasteiger partial charge on any atom is -0.507 e. The van der Waals surface area contributed by atoms with E-state index < -0.39 is 0 Å². The summed E-state index contributed by atoms with van der Waals surface area (Å²) in [6.07, 6.45) is 2.29. The van der Waals surface area contributed by atoms with Gasteiger partial charge in [0.05, 0.1) is 12.6 Å². The number of aromatic hydroxyl groups is 1. The molecule has 0 fully saturated rings. The quantitative estimate of drug-likeness (QED) is 0.776. The van der Waals surface area contributed by atoms with Gasteiger partial charge in [0.1, 0.15) is 5.75 Å². The van der Waals surface area contributed by atoms with E-state index in [2.05, 4.69) is 4.99 Å². The van der Waals surface area contributed by atoms with Crippen LogP contribution in [-0.2, 0) is 0 Å². The number of hydrogen-bond acceptors (Lipinski definition) is 3. The van der Waals surface area contributed by atoms with Crippen LogP contribution in [0.3, 0.4) is 0 Å². The second-order valence-electron chi connectivity index (χ2n) is 3.23. The van der Waals surface area contributed by atoms with Crippen LogP contribution in [0.2, 0.25) is 5.02 Å². The lowest BCUT2D eigenvalue weighted by Crippen LogP contribution is -2.08. The SMILES string of the molecule is CCC(CO)N=Cc1cc(Cl)ccc1O. The predicted molar refractivity (Wildman–Crippen MR) is 61.9 cm³/mol. The minimum absolute atomic E-state index is 0.00826. The van der Waals surface area contributed by atoms with Crippen LogP contribution in [0.25, 0.3) is 0 Å². The van der Waals surface area contributed by atoms with E-state index in [1.165, 1.54) is 12.3 Å². The summed E-state index contributed by atoms with van der Waals surface area (Å²) in [4.78, 5) is 4.14. The molecule has 15 heavy (non-hydrogen) atoms. The summed E-state index contributed by atoms with van der Waals surface area (Å²) in [5, 5.41) is 19.0. The molecule has 4 heteroatoms. The van der Waals surface area contributed by atoms with Crippen molar-refractivity contribution in [3.63, 3.8) is 0 Å². The van der Waals surface area contributed by atoms with Crippen molar-refractivity contribution in [2.75, 3.05) is 6.61 Å². The van der Waals surface area contributed by atoms with Gasteiger partial charge < -0.3 is 10.2 Å². The number of phenols is 1. The summed E-state index contributed by atoms with van der Waals surface area (Å²) in [7, 11) is 0. The van der Waals surface area contributed by atoms with Gasteiger partial charge in [0.15, 0.2) is 0 Å². The molecule has 1 aromatic carbocycles. The van der Waals surface area contributed by atoms with Crippen molar-refractivity contribution in [2.45, 2.75) is 19.4 Å². The molecule has 0 aromatic heterocycles. The average Bonchev–Trinajstić information content (AvgIpc) is 2.24. The van der Waals surface area contributed by atoms with Gasteiger partial charge in [-0.1, -0.05) is 18.5 Å². The highest BCUT2D eigenvalue weighted by Gasteiger charge is 2.02. The lowest BCUT2D eigenvalue weighted by atomic mass is 10.2. The van der Waals surface area contributed by atoms with Gasteiger partial charge in [0.2, 0.25) is 0 Å². The Morgan fingerprint density at radius 3 is 2.87 bits per heavy atom. The standard InChI is InChI=1S/C11H14ClNO2/c1-2-10(7-14)13-6-8-5-9(12)3-4-11(8)15/h3-6,10,14-15H,2,7H2,1H3. The molecule has 0 saturated heterocycles. The van der Waals surface area contributed by atoms with Gasteiger partial charge >= 0.3 is 0 Å². The second-order valence-corrected chi connectivity index (χ2v) is 3.66. The maximum atomic E-state index is 9.48. The summed E-state index contributed by atoms with van der Waals surface area (Å²) in [6.45, 7) is 1.95. The molecule has 0 aliphatic carbocycles. The smallest absolute Gasteiger partial charge is 0.124 e. The summed E-state index contributed by atoms with van der Waals surface area (Å²) in [5.41, 5.74) is 0.564. The first-order valence-electron chi connectivity index (χ1n) is 4.80. The molecule has 1 unspecified atom stereocenters. The Morgan fingerprint density at radius 1 is 1.53 bits per heavy atom. The van der Waals surface area contributed by atoms with Crippen molar-refractivity contribution in [3.8, 4) is 5.75 Å². The molecule has 3 nitrogen and oxygen atoms in total. The molecule has 0 aliphatic heterocycles. The van der Waals surface area contributed by atoms with E-state index in [0.717, 1.165) is 6.42 Å². The van der Waals surface area contributed by atoms with Crippen molar-refractivity contribution in [1.82, 2.24) is 0 Å². The van der Waals surface area contributed by atoms with Crippen LogP contribution < -0.4 is 0 Å². The van der Waals surface area contributed by atoms with Crippen LogP contribution in [-0.4, -0.2) is 29.1 Å². The van der Waals surface area contributed by atoms with Crippen molar-refractivity contribution < 1.29 is 10.2 Å². The number of aliphatic imine (C=N–C) groups is 1. The Labute approximate surface area is 94.0 Å². The summed E-state index contributed by atoms with van der Waals surface area (Å²) in [5.74, 6) is 0.135. The third-order valence-electron chi connectivity index (χ3n) is 2.10. The lowest BCUT2D eigenvalue weighted by molar-refractivity contribution is 0.264. The van der Waals surface area contributed by atoms with Gasteiger partial charge in [-0.3, -0.25) is 4.99 Å². The van der Waals surface area contributed by atoms with Gasteiger partial charge in [0.25, 0.3) is 0 Å². The second kappa shape index (κ2) is 5.73. The fourth-order valence-corrected chi connectivity index (χ4v) is 1.28. The van der Waals surface area contributed by atoms with Crippen LogP contribution in [0, 0.1) is 0 Å². The molecule has 1 atom stereocenters. The van der Waals surface area contributed by atoms with E-state index in [4.69, 9.17) is 16.7 Å². The first-order valence-corrected chi connectivity index (χ1v) is 5.17. The van der Waals surface area contributed by atoms with Crippen molar-refractivity contribution in [1.29, 1.82) is 0 Å². The summed E-state index contributed by atoms with van der Waals surface area (Å²) < 4.78 is 0. The fraction of sp³-hybridized carbons (Fsp3) is 0.364. The highest BCUT2D eigenvalue weighted by Crippen LogP contribution is 2.19. The van der Waals surface area contributed by atoms with Crippen molar-refractivity contribution in [3.05, 3.63) is 28.8 Å². The number of aliphatic hydroxyl groups is 1. The molecule has 0 amide bonds. The number of phenolic OH excluding ortho intramolecular Hbond substituents is 1. The molecule has 1 rings (SSSR count). The molecular weight excluding hydrogens is 214 g/mol. The maximum absolute atomic E-state index is 9.48. The van der Waals surface area contributed by atoms with Crippen molar-refractivity contribution >= 4 is 17.8 Å². The first-order chi connectivity index (χ1) is 7.17. The van der Waals surface area contributed by atoms with Crippen LogP contribution in [0.4, 0.5) is 0 Å². The zero-order valence-corrected chi connectivity index (χ0v) is 9.28. The van der Waals surface area contributed by atoms with Crippen LogP contribution in [0.15, 0.2) is 23.2 Å². The zero-order valence-electron chi connectivity index (χ0n) is 8.52. The third-order valence-corrected chi connectivity index (χ3v) is 2.33. The molecule has 0 spiro atoms. The first kappa shape index (κ1) is 12.0. The van der Waals surface area contributed by atoms with Gasteiger partial charge in [-0.15, -0.1) is 0 Å². The normalized spacial score (nSPS) is 13.3. The summed E-state index contributed by atoms with van der Waals surface area (Å²) >= 11 is 5.78. The average molecular weight is 228 g/mol. The lowest BCUT2D eigenvalue weighted by Gasteiger charge is -2.05. The van der Waals surface area contributed by atoms with Gasteiger partial charge in [-0.05, 0) is 24.6 Å². The molecule has 2 N–H and O–H groups in total. The highest BCUT2D eigenvalue weighted by molar-refractivity contribution is 6.30. The Hall–Kier alpha value is -1.06. The molecule has 0 saturated carbocycles. The van der Waals surface area contributed by atoms with Gasteiger partial charge in [-0.2, -0.15) is 0 Å². The molecular formula is C11H14ClNO2. The van der Waals surface area contributed by atoms with Crippen LogP contribution in [0.5, 0.6) is 5.75 Å². The van der Waals surface area contributed by atoms with Gasteiger partial charge in [-0.25, -0.2) is 0 Å². The van der Waals surface area contributed by atoms with Crippen molar-refractivity contribution in [2.24, 2.45) is 4.99 Å². The van der Waals surface area contributed by atoms with E-state index in [9.17, 15) is 5.11 Å². The Bertz CT molecular complexity index is 348. The van der Waals surface area contributed by atoms with E-state index in [-0.39, 0.29) is 18.4 Å². The molecule has 0 bridgehead atoms. The molecule has 0 heterocycles. The van der Waals surface area contributed by atoms with Gasteiger partial charge in [0, 0.05) is 16.8 Å². The topological polar surface area (TPSA) is 52.8 Å². The van der Waals surface area contributed by atoms with E-state index >= 15 is 0 Å². The monoisotopic (exact) mass is 227 g/mol. The Morgan fingerprint density at radius 2 is 2.27 bits per heavy atom. The number of rotatable bonds is 4. The third kappa shape index (κ3) is 3.53. The number of hydrogen-bond donors (Lipinski definition) is 2. The number of benzene rings is 1. The molecule has 0 radical (unpaired) electrons. The largest absolute Gasteiger partial charge is 0.507 e. The fourth-order valence-electron chi connectivity index (χ4n) is 1.10. The zero-order chi connectivity index (χ0) is 11.3. The number of halogens is 1. The summed E-state index contributed by atoms with van der Waals surface area (Å²) in [6, 6.07) is 4.63. The molecule has 1 aromatic rings.